The van der Waals surface area contributed by atoms with Crippen molar-refractivity contribution >= 4 is 17.7 Å². The molecule has 2 heteroatoms. The number of rotatable bonds is 15. The van der Waals surface area contributed by atoms with Crippen molar-refractivity contribution in [2.75, 3.05) is 0 Å². The molecule has 1 nitrogen and oxygen atoms in total. The molecule has 0 aromatic heterocycles. The highest BCUT2D eigenvalue weighted by molar-refractivity contribution is 7.97. The molecular formula is C23H34OS. The summed E-state index contributed by atoms with van der Waals surface area (Å²) in [4.78, 5) is 10.5. The first-order valence-corrected chi connectivity index (χ1v) is 9.95. The van der Waals surface area contributed by atoms with Crippen LogP contribution in [-0.2, 0) is 4.79 Å². The Balaban J connectivity index is 3.54. The summed E-state index contributed by atoms with van der Waals surface area (Å²) in [6.45, 7) is 2.26. The zero-order valence-corrected chi connectivity index (χ0v) is 16.5. The van der Waals surface area contributed by atoms with E-state index in [0.29, 0.717) is 0 Å². The van der Waals surface area contributed by atoms with E-state index in [4.69, 9.17) is 0 Å². The SMILES string of the molecule is CCCCCCCCCCC=CC=CC=CC=CC=CC=CC(=O)S. The van der Waals surface area contributed by atoms with E-state index < -0.39 is 0 Å². The van der Waals surface area contributed by atoms with E-state index in [0.717, 1.165) is 0 Å². The summed E-state index contributed by atoms with van der Waals surface area (Å²) in [5.74, 6) is 0. The molecule has 0 rings (SSSR count). The van der Waals surface area contributed by atoms with Gasteiger partial charge in [0.25, 0.3) is 0 Å². The third-order valence-electron chi connectivity index (χ3n) is 3.60. The van der Waals surface area contributed by atoms with Crippen LogP contribution >= 0.6 is 12.6 Å². The van der Waals surface area contributed by atoms with Gasteiger partial charge >= 0.3 is 0 Å². The number of carbonyl (C=O) groups is 1. The summed E-state index contributed by atoms with van der Waals surface area (Å²) in [6.07, 6.45) is 35.2. The van der Waals surface area contributed by atoms with Gasteiger partial charge in [-0.15, -0.1) is 12.6 Å². The maximum Gasteiger partial charge on any atom is 0.209 e. The Morgan fingerprint density at radius 2 is 1.08 bits per heavy atom. The van der Waals surface area contributed by atoms with Gasteiger partial charge in [-0.1, -0.05) is 119 Å². The summed E-state index contributed by atoms with van der Waals surface area (Å²) in [7, 11) is 0. The predicted molar refractivity (Wildman–Crippen MR) is 116 cm³/mol. The van der Waals surface area contributed by atoms with Gasteiger partial charge in [0.1, 0.15) is 0 Å². The topological polar surface area (TPSA) is 17.1 Å². The van der Waals surface area contributed by atoms with Crippen LogP contribution in [0.25, 0.3) is 0 Å². The monoisotopic (exact) mass is 358 g/mol. The highest BCUT2D eigenvalue weighted by Crippen LogP contribution is 2.09. The number of unbranched alkanes of at least 4 members (excludes halogenated alkanes) is 8. The summed E-state index contributed by atoms with van der Waals surface area (Å²) in [5, 5.41) is -0.242. The fourth-order valence-corrected chi connectivity index (χ4v) is 2.31. The lowest BCUT2D eigenvalue weighted by atomic mass is 10.1. The van der Waals surface area contributed by atoms with Gasteiger partial charge in [-0.05, 0) is 18.9 Å². The van der Waals surface area contributed by atoms with E-state index in [9.17, 15) is 4.79 Å². The average molecular weight is 359 g/mol. The zero-order chi connectivity index (χ0) is 18.4. The Bertz CT molecular complexity index is 478. The molecule has 0 aliphatic rings. The first-order valence-electron chi connectivity index (χ1n) is 9.50. The number of hydrogen-bond donors (Lipinski definition) is 1. The molecule has 0 aromatic carbocycles. The van der Waals surface area contributed by atoms with Crippen LogP contribution < -0.4 is 0 Å². The van der Waals surface area contributed by atoms with Gasteiger partial charge in [-0.25, -0.2) is 0 Å². The van der Waals surface area contributed by atoms with Crippen molar-refractivity contribution in [1.82, 2.24) is 0 Å². The van der Waals surface area contributed by atoms with Crippen molar-refractivity contribution < 1.29 is 4.79 Å². The predicted octanol–water partition coefficient (Wildman–Crippen LogP) is 7.31. The summed E-state index contributed by atoms with van der Waals surface area (Å²) in [6, 6.07) is 0. The minimum Gasteiger partial charge on any atom is -0.283 e. The minimum atomic E-state index is -0.242. The van der Waals surface area contributed by atoms with E-state index in [1.807, 2.05) is 36.5 Å². The Labute approximate surface area is 160 Å². The molecule has 0 radical (unpaired) electrons. The quantitative estimate of drug-likeness (QED) is 0.140. The van der Waals surface area contributed by atoms with Gasteiger partial charge in [-0.2, -0.15) is 0 Å². The van der Waals surface area contributed by atoms with Crippen molar-refractivity contribution in [3.8, 4) is 0 Å². The van der Waals surface area contributed by atoms with Gasteiger partial charge in [0.2, 0.25) is 5.12 Å². The molecule has 25 heavy (non-hydrogen) atoms. The molecule has 0 saturated carbocycles. The number of allylic oxidation sites excluding steroid dienone is 11. The van der Waals surface area contributed by atoms with Crippen LogP contribution in [-0.4, -0.2) is 5.12 Å². The largest absolute Gasteiger partial charge is 0.283 e. The molecule has 0 heterocycles. The lowest BCUT2D eigenvalue weighted by Gasteiger charge is -1.99. The number of thiol groups is 1. The van der Waals surface area contributed by atoms with Gasteiger partial charge in [0.15, 0.2) is 0 Å². The Morgan fingerprint density at radius 1 is 0.640 bits per heavy atom. The molecule has 0 saturated heterocycles. The minimum absolute atomic E-state index is 0.242. The lowest BCUT2D eigenvalue weighted by molar-refractivity contribution is -0.106. The second-order valence-corrected chi connectivity index (χ2v) is 6.37. The van der Waals surface area contributed by atoms with Gasteiger partial charge < -0.3 is 0 Å². The van der Waals surface area contributed by atoms with Crippen molar-refractivity contribution in [3.05, 3.63) is 72.9 Å². The van der Waals surface area contributed by atoms with Crippen molar-refractivity contribution in [2.24, 2.45) is 0 Å². The smallest absolute Gasteiger partial charge is 0.209 e. The van der Waals surface area contributed by atoms with E-state index in [2.05, 4.69) is 37.8 Å². The molecule has 0 bridgehead atoms. The summed E-state index contributed by atoms with van der Waals surface area (Å²) in [5.41, 5.74) is 0. The second kappa shape index (κ2) is 20.5. The highest BCUT2D eigenvalue weighted by Gasteiger charge is 1.89. The van der Waals surface area contributed by atoms with Crippen LogP contribution in [0.5, 0.6) is 0 Å². The molecule has 0 atom stereocenters. The van der Waals surface area contributed by atoms with Crippen molar-refractivity contribution in [1.29, 1.82) is 0 Å². The average Bonchev–Trinajstić information content (AvgIpc) is 2.60. The highest BCUT2D eigenvalue weighted by atomic mass is 32.1. The molecule has 0 spiro atoms. The van der Waals surface area contributed by atoms with Crippen molar-refractivity contribution in [2.45, 2.75) is 64.7 Å². The molecule has 0 aromatic rings. The fraction of sp³-hybridized carbons (Fsp3) is 0.435. The van der Waals surface area contributed by atoms with Gasteiger partial charge in [0.05, 0.1) is 0 Å². The van der Waals surface area contributed by atoms with E-state index in [1.54, 1.807) is 12.2 Å². The van der Waals surface area contributed by atoms with Crippen LogP contribution in [0, 0.1) is 0 Å². The first-order chi connectivity index (χ1) is 12.3. The second-order valence-electron chi connectivity index (χ2n) is 5.93. The maximum absolute atomic E-state index is 10.5. The number of hydrogen-bond acceptors (Lipinski definition) is 1. The van der Waals surface area contributed by atoms with E-state index >= 15 is 0 Å². The first kappa shape index (κ1) is 23.5. The molecule has 0 unspecified atom stereocenters. The van der Waals surface area contributed by atoms with Crippen LogP contribution in [0.4, 0.5) is 0 Å². The maximum atomic E-state index is 10.5. The molecule has 138 valence electrons. The Morgan fingerprint density at radius 3 is 1.60 bits per heavy atom. The number of carbonyl (C=O) groups excluding carboxylic acids is 1. The fourth-order valence-electron chi connectivity index (χ4n) is 2.22. The third-order valence-corrected chi connectivity index (χ3v) is 3.75. The summed E-state index contributed by atoms with van der Waals surface area (Å²) < 4.78 is 0. The van der Waals surface area contributed by atoms with Crippen LogP contribution in [0.1, 0.15) is 64.7 Å². The molecular weight excluding hydrogens is 324 g/mol. The Hall–Kier alpha value is -1.54. The molecule has 0 aliphatic heterocycles. The zero-order valence-electron chi connectivity index (χ0n) is 15.6. The third kappa shape index (κ3) is 22.5. The van der Waals surface area contributed by atoms with E-state index in [-0.39, 0.29) is 5.12 Å². The normalized spacial score (nSPS) is 13.0. The standard InChI is InChI=1S/C23H34OS/c1-2-3-4-5-6-7-8-9-10-11-12-13-14-15-16-17-18-19-20-21-22-23(24)25/h11-22H,2-10H2,1H3,(H,24,25). The lowest BCUT2D eigenvalue weighted by Crippen LogP contribution is -1.79. The van der Waals surface area contributed by atoms with Gasteiger partial charge in [0, 0.05) is 0 Å². The molecule has 0 amide bonds. The molecule has 0 N–H and O–H groups in total. The van der Waals surface area contributed by atoms with E-state index in [1.165, 1.54) is 63.9 Å². The van der Waals surface area contributed by atoms with Crippen LogP contribution in [0.15, 0.2) is 72.9 Å². The molecule has 0 fully saturated rings. The van der Waals surface area contributed by atoms with Crippen LogP contribution in [0.2, 0.25) is 0 Å². The summed E-state index contributed by atoms with van der Waals surface area (Å²) >= 11 is 3.64. The van der Waals surface area contributed by atoms with Gasteiger partial charge in [-0.3, -0.25) is 4.79 Å². The van der Waals surface area contributed by atoms with Crippen molar-refractivity contribution in [3.63, 3.8) is 0 Å². The van der Waals surface area contributed by atoms with Crippen LogP contribution in [0.3, 0.4) is 0 Å². The molecule has 0 aliphatic carbocycles. The Kier molecular flexibility index (Phi) is 19.2.